The first-order valence-electron chi connectivity index (χ1n) is 15.8. The minimum Gasteiger partial charge on any atom is -0.465 e. The van der Waals surface area contributed by atoms with Crippen molar-refractivity contribution in [2.75, 3.05) is 6.61 Å². The van der Waals surface area contributed by atoms with Gasteiger partial charge in [-0.25, -0.2) is 0 Å². The Hall–Kier alpha value is -0.530. The summed E-state index contributed by atoms with van der Waals surface area (Å²) in [7, 11) is 0. The molecule has 0 aliphatic carbocycles. The summed E-state index contributed by atoms with van der Waals surface area (Å²) in [5, 5.41) is 0. The van der Waals surface area contributed by atoms with E-state index in [1.54, 1.807) is 0 Å². The maximum atomic E-state index is 12.5. The van der Waals surface area contributed by atoms with Crippen molar-refractivity contribution in [3.8, 4) is 0 Å². The predicted octanol–water partition coefficient (Wildman–Crippen LogP) is 11.2. The van der Waals surface area contributed by atoms with Crippen LogP contribution in [0.5, 0.6) is 0 Å². The Morgan fingerprint density at radius 1 is 0.500 bits per heavy atom. The van der Waals surface area contributed by atoms with Crippen molar-refractivity contribution in [3.05, 3.63) is 0 Å². The molecule has 2 atom stereocenters. The number of hydrogen-bond acceptors (Lipinski definition) is 2. The summed E-state index contributed by atoms with van der Waals surface area (Å²) in [6.07, 6.45) is 31.9. The fourth-order valence-corrected chi connectivity index (χ4v) is 4.95. The van der Waals surface area contributed by atoms with E-state index >= 15 is 0 Å². The average Bonchev–Trinajstić information content (AvgIpc) is 2.84. The van der Waals surface area contributed by atoms with E-state index in [2.05, 4.69) is 27.7 Å². The Labute approximate surface area is 215 Å². The van der Waals surface area contributed by atoms with Crippen LogP contribution < -0.4 is 0 Å². The first kappa shape index (κ1) is 33.5. The van der Waals surface area contributed by atoms with Crippen LogP contribution >= 0.6 is 0 Å². The summed E-state index contributed by atoms with van der Waals surface area (Å²) in [5.74, 6) is 0.676. The topological polar surface area (TPSA) is 26.3 Å². The number of esters is 1. The van der Waals surface area contributed by atoms with E-state index < -0.39 is 0 Å². The van der Waals surface area contributed by atoms with E-state index in [1.807, 2.05) is 0 Å². The highest BCUT2D eigenvalue weighted by Gasteiger charge is 2.17. The lowest BCUT2D eigenvalue weighted by Gasteiger charge is -2.18. The van der Waals surface area contributed by atoms with Crippen molar-refractivity contribution in [1.82, 2.24) is 0 Å². The zero-order chi connectivity index (χ0) is 25.1. The molecule has 0 saturated heterocycles. The molecule has 34 heavy (non-hydrogen) atoms. The lowest BCUT2D eigenvalue weighted by Crippen LogP contribution is -2.19. The molecule has 0 N–H and O–H groups in total. The van der Waals surface area contributed by atoms with Gasteiger partial charge in [0.1, 0.15) is 0 Å². The molecule has 0 spiro atoms. The molecule has 0 heterocycles. The maximum absolute atomic E-state index is 12.5. The van der Waals surface area contributed by atoms with Gasteiger partial charge in [0.2, 0.25) is 0 Å². The molecule has 0 aromatic heterocycles. The summed E-state index contributed by atoms with van der Waals surface area (Å²) in [6.45, 7) is 9.52. The Morgan fingerprint density at radius 2 is 0.853 bits per heavy atom. The van der Waals surface area contributed by atoms with Gasteiger partial charge in [0, 0.05) is 0 Å². The maximum Gasteiger partial charge on any atom is 0.308 e. The Morgan fingerprint density at radius 3 is 1.29 bits per heavy atom. The fraction of sp³-hybridized carbons (Fsp3) is 0.969. The van der Waals surface area contributed by atoms with E-state index in [4.69, 9.17) is 4.74 Å². The van der Waals surface area contributed by atoms with Gasteiger partial charge in [0.15, 0.2) is 0 Å². The largest absolute Gasteiger partial charge is 0.465 e. The molecule has 0 saturated carbocycles. The summed E-state index contributed by atoms with van der Waals surface area (Å²) < 4.78 is 5.77. The quantitative estimate of drug-likeness (QED) is 0.0862. The number of hydrogen-bond donors (Lipinski definition) is 0. The minimum atomic E-state index is 0.0437. The van der Waals surface area contributed by atoms with Crippen LogP contribution in [0.3, 0.4) is 0 Å². The highest BCUT2D eigenvalue weighted by Crippen LogP contribution is 2.20. The first-order valence-corrected chi connectivity index (χ1v) is 15.8. The number of rotatable bonds is 27. The third-order valence-corrected chi connectivity index (χ3v) is 7.54. The summed E-state index contributed by atoms with van der Waals surface area (Å²) in [6, 6.07) is 0. The zero-order valence-electron chi connectivity index (χ0n) is 24.1. The number of unbranched alkanes of at least 4 members (excludes halogenated alkanes) is 18. The first-order chi connectivity index (χ1) is 16.7. The summed E-state index contributed by atoms with van der Waals surface area (Å²) in [4.78, 5) is 12.5. The normalized spacial score (nSPS) is 13.2. The Kier molecular flexibility index (Phi) is 26.6. The van der Waals surface area contributed by atoms with Crippen LogP contribution in [0.25, 0.3) is 0 Å². The van der Waals surface area contributed by atoms with Gasteiger partial charge in [0.05, 0.1) is 12.5 Å². The molecule has 0 aliphatic heterocycles. The van der Waals surface area contributed by atoms with Crippen LogP contribution in [0.4, 0.5) is 0 Å². The molecule has 2 nitrogen and oxygen atoms in total. The second-order valence-electron chi connectivity index (χ2n) is 11.1. The molecule has 0 aliphatic rings. The smallest absolute Gasteiger partial charge is 0.308 e. The lowest BCUT2D eigenvalue weighted by molar-refractivity contribution is -0.149. The van der Waals surface area contributed by atoms with E-state index in [0.29, 0.717) is 12.5 Å². The third-order valence-electron chi connectivity index (χ3n) is 7.54. The molecule has 2 heteroatoms. The minimum absolute atomic E-state index is 0.0437. The monoisotopic (exact) mass is 480 g/mol. The fourth-order valence-electron chi connectivity index (χ4n) is 4.95. The van der Waals surface area contributed by atoms with Crippen LogP contribution in [0.15, 0.2) is 0 Å². The molecular formula is C32H64O2. The van der Waals surface area contributed by atoms with Gasteiger partial charge < -0.3 is 4.74 Å². The molecule has 2 unspecified atom stereocenters. The van der Waals surface area contributed by atoms with E-state index in [-0.39, 0.29) is 11.9 Å². The zero-order valence-corrected chi connectivity index (χ0v) is 24.1. The molecule has 204 valence electrons. The summed E-state index contributed by atoms with van der Waals surface area (Å²) >= 11 is 0. The molecule has 0 aromatic carbocycles. The number of carbonyl (C=O) groups excluding carboxylic acids is 1. The Bertz CT molecular complexity index is 406. The highest BCUT2D eigenvalue weighted by molar-refractivity contribution is 5.71. The van der Waals surface area contributed by atoms with Crippen molar-refractivity contribution in [3.63, 3.8) is 0 Å². The molecule has 0 amide bonds. The van der Waals surface area contributed by atoms with Crippen LogP contribution in [0, 0.1) is 11.8 Å². The second kappa shape index (κ2) is 27.1. The Balaban J connectivity index is 3.67. The molecule has 0 fully saturated rings. The van der Waals surface area contributed by atoms with Gasteiger partial charge in [-0.1, -0.05) is 163 Å². The van der Waals surface area contributed by atoms with Crippen LogP contribution in [-0.4, -0.2) is 12.6 Å². The van der Waals surface area contributed by atoms with Gasteiger partial charge >= 0.3 is 5.97 Å². The molecule has 0 rings (SSSR count). The number of carbonyl (C=O) groups is 1. The van der Waals surface area contributed by atoms with Crippen LogP contribution in [0.1, 0.15) is 182 Å². The summed E-state index contributed by atoms with van der Waals surface area (Å²) in [5.41, 5.74) is 0. The molecule has 0 bridgehead atoms. The van der Waals surface area contributed by atoms with Crippen molar-refractivity contribution in [2.24, 2.45) is 11.8 Å². The van der Waals surface area contributed by atoms with Gasteiger partial charge in [-0.2, -0.15) is 0 Å². The van der Waals surface area contributed by atoms with Gasteiger partial charge in [-0.05, 0) is 25.2 Å². The average molecular weight is 481 g/mol. The lowest BCUT2D eigenvalue weighted by atomic mass is 9.95. The van der Waals surface area contributed by atoms with Crippen LogP contribution in [0.2, 0.25) is 0 Å². The van der Waals surface area contributed by atoms with Gasteiger partial charge in [-0.15, -0.1) is 0 Å². The standard InChI is InChI=1S/C32H64O2/c1-5-8-11-13-14-15-16-17-18-19-20-21-23-24-26-30(4)32(33)34-29-31(27-10-7-3)28-25-22-12-9-6-2/h30-31H,5-29H2,1-4H3. The van der Waals surface area contributed by atoms with Crippen molar-refractivity contribution >= 4 is 5.97 Å². The molecule has 0 aromatic rings. The van der Waals surface area contributed by atoms with Crippen molar-refractivity contribution in [2.45, 2.75) is 182 Å². The molecule has 0 radical (unpaired) electrons. The predicted molar refractivity (Wildman–Crippen MR) is 151 cm³/mol. The molecular weight excluding hydrogens is 416 g/mol. The van der Waals surface area contributed by atoms with Crippen LogP contribution in [-0.2, 0) is 9.53 Å². The highest BCUT2D eigenvalue weighted by atomic mass is 16.5. The van der Waals surface area contributed by atoms with E-state index in [0.717, 1.165) is 6.42 Å². The number of ether oxygens (including phenoxy) is 1. The van der Waals surface area contributed by atoms with Gasteiger partial charge in [0.25, 0.3) is 0 Å². The SMILES string of the molecule is CCCCCCCCCCCCCCCCC(C)C(=O)OCC(CCCC)CCCCCCC. The third kappa shape index (κ3) is 23.2. The van der Waals surface area contributed by atoms with E-state index in [1.165, 1.54) is 148 Å². The van der Waals surface area contributed by atoms with Crippen molar-refractivity contribution < 1.29 is 9.53 Å². The van der Waals surface area contributed by atoms with Gasteiger partial charge in [-0.3, -0.25) is 4.79 Å². The van der Waals surface area contributed by atoms with Crippen molar-refractivity contribution in [1.29, 1.82) is 0 Å². The second-order valence-corrected chi connectivity index (χ2v) is 11.1. The van der Waals surface area contributed by atoms with E-state index in [9.17, 15) is 4.79 Å².